The molecule has 162 valence electrons. The highest BCUT2D eigenvalue weighted by Crippen LogP contribution is 2.30. The van der Waals surface area contributed by atoms with Gasteiger partial charge in [0.2, 0.25) is 0 Å². The molecule has 2 atom stereocenters. The molecule has 3 heteroatoms. The molecule has 0 amide bonds. The van der Waals surface area contributed by atoms with E-state index in [4.69, 9.17) is 5.73 Å². The second-order valence-electron chi connectivity index (χ2n) is 9.04. The second-order valence-corrected chi connectivity index (χ2v) is 9.04. The maximum absolute atomic E-state index is 12.3. The fourth-order valence-corrected chi connectivity index (χ4v) is 4.04. The number of hydrogen-bond donors (Lipinski definition) is 1. The van der Waals surface area contributed by atoms with E-state index in [0.29, 0.717) is 5.57 Å². The Balaban J connectivity index is 0. The number of rotatable bonds is 17. The molecule has 0 saturated carbocycles. The summed E-state index contributed by atoms with van der Waals surface area (Å²) in [6.45, 7) is 14.0. The summed E-state index contributed by atoms with van der Waals surface area (Å²) in [5, 5.41) is 0. The molecule has 0 aromatic heterocycles. The molecule has 0 aliphatic heterocycles. The van der Waals surface area contributed by atoms with Crippen LogP contribution >= 0.6 is 17.0 Å². The van der Waals surface area contributed by atoms with Gasteiger partial charge in [-0.15, -0.1) is 17.0 Å². The average molecular weight is 447 g/mol. The fraction of sp³-hybridized carbons (Fsp3) is 0.875. The summed E-state index contributed by atoms with van der Waals surface area (Å²) in [6.07, 6.45) is 17.3. The van der Waals surface area contributed by atoms with Gasteiger partial charge < -0.3 is 5.73 Å². The number of carbonyl (C=O) groups excluding carboxylic acids is 1. The van der Waals surface area contributed by atoms with Gasteiger partial charge in [0.15, 0.2) is 5.78 Å². The lowest BCUT2D eigenvalue weighted by molar-refractivity contribution is -0.121. The van der Waals surface area contributed by atoms with Crippen molar-refractivity contribution in [2.45, 2.75) is 124 Å². The minimum absolute atomic E-state index is 0. The number of Topliss-reactive ketones (excluding diaryl/α,β-unsaturated/α-hetero) is 1. The van der Waals surface area contributed by atoms with Crippen molar-refractivity contribution in [1.29, 1.82) is 0 Å². The lowest BCUT2D eigenvalue weighted by Crippen LogP contribution is -2.46. The Morgan fingerprint density at radius 1 is 0.889 bits per heavy atom. The topological polar surface area (TPSA) is 43.1 Å². The molecule has 0 rings (SSSR count). The smallest absolute Gasteiger partial charge is 0.161 e. The van der Waals surface area contributed by atoms with Crippen molar-refractivity contribution in [3.8, 4) is 0 Å². The monoisotopic (exact) mass is 445 g/mol. The summed E-state index contributed by atoms with van der Waals surface area (Å²) in [7, 11) is 0. The molecule has 0 bridgehead atoms. The lowest BCUT2D eigenvalue weighted by atomic mass is 9.73. The molecule has 0 aliphatic rings. The van der Waals surface area contributed by atoms with Crippen LogP contribution in [0, 0.1) is 11.8 Å². The molecular formula is C24H48BrNO. The lowest BCUT2D eigenvalue weighted by Gasteiger charge is -2.35. The van der Waals surface area contributed by atoms with Gasteiger partial charge in [-0.3, -0.25) is 4.79 Å². The summed E-state index contributed by atoms with van der Waals surface area (Å²) in [6, 6.07) is 0. The van der Waals surface area contributed by atoms with E-state index < -0.39 is 0 Å². The highest BCUT2D eigenvalue weighted by molar-refractivity contribution is 8.93. The normalized spacial score (nSPS) is 13.7. The summed E-state index contributed by atoms with van der Waals surface area (Å²) in [5.74, 6) is 0.377. The number of hydrogen-bond acceptors (Lipinski definition) is 2. The van der Waals surface area contributed by atoms with Crippen LogP contribution in [0.4, 0.5) is 0 Å². The minimum Gasteiger partial charge on any atom is -0.325 e. The third-order valence-electron chi connectivity index (χ3n) is 5.76. The Bertz CT molecular complexity index is 386. The van der Waals surface area contributed by atoms with E-state index >= 15 is 0 Å². The largest absolute Gasteiger partial charge is 0.325 e. The molecule has 0 spiro atoms. The zero-order valence-corrected chi connectivity index (χ0v) is 20.7. The highest BCUT2D eigenvalue weighted by Gasteiger charge is 2.33. The van der Waals surface area contributed by atoms with E-state index in [1.54, 1.807) is 0 Å². The van der Waals surface area contributed by atoms with Gasteiger partial charge in [-0.2, -0.15) is 0 Å². The maximum Gasteiger partial charge on any atom is 0.161 e. The van der Waals surface area contributed by atoms with Crippen LogP contribution in [0.5, 0.6) is 0 Å². The van der Waals surface area contributed by atoms with Crippen molar-refractivity contribution in [2.24, 2.45) is 17.6 Å². The molecule has 27 heavy (non-hydrogen) atoms. The first-order chi connectivity index (χ1) is 12.2. The molecule has 0 saturated heterocycles. The molecule has 2 nitrogen and oxygen atoms in total. The first-order valence-corrected chi connectivity index (χ1v) is 11.2. The number of halogens is 1. The van der Waals surface area contributed by atoms with Crippen molar-refractivity contribution in [1.82, 2.24) is 0 Å². The molecule has 0 fully saturated rings. The van der Waals surface area contributed by atoms with E-state index in [-0.39, 0.29) is 40.1 Å². The van der Waals surface area contributed by atoms with E-state index in [9.17, 15) is 4.79 Å². The first-order valence-electron chi connectivity index (χ1n) is 11.2. The Labute approximate surface area is 180 Å². The van der Waals surface area contributed by atoms with Gasteiger partial charge in [0.05, 0.1) is 0 Å². The molecule has 0 aliphatic carbocycles. The molecule has 0 heterocycles. The predicted molar refractivity (Wildman–Crippen MR) is 127 cm³/mol. The molecule has 0 aromatic rings. The molecule has 2 unspecified atom stereocenters. The van der Waals surface area contributed by atoms with Crippen molar-refractivity contribution in [3.63, 3.8) is 0 Å². The maximum atomic E-state index is 12.3. The SMILES string of the molecule is Br.C=C(C)C(=O)C(C)C(CCCCCCCCCCCCCC)C(C)(C)N. The molecular weight excluding hydrogens is 398 g/mol. The summed E-state index contributed by atoms with van der Waals surface area (Å²) < 4.78 is 0. The number of nitrogens with two attached hydrogens (primary N) is 1. The number of unbranched alkanes of at least 4 members (excludes halogenated alkanes) is 11. The van der Waals surface area contributed by atoms with Crippen molar-refractivity contribution in [3.05, 3.63) is 12.2 Å². The van der Waals surface area contributed by atoms with Gasteiger partial charge in [0.1, 0.15) is 0 Å². The first kappa shape index (κ1) is 29.1. The molecule has 2 N–H and O–H groups in total. The third-order valence-corrected chi connectivity index (χ3v) is 5.76. The van der Waals surface area contributed by atoms with Gasteiger partial charge >= 0.3 is 0 Å². The number of carbonyl (C=O) groups is 1. The van der Waals surface area contributed by atoms with Gasteiger partial charge in [0.25, 0.3) is 0 Å². The van der Waals surface area contributed by atoms with Crippen LogP contribution in [0.15, 0.2) is 12.2 Å². The quantitative estimate of drug-likeness (QED) is 0.183. The molecule has 0 radical (unpaired) electrons. The Hall–Kier alpha value is -0.150. The predicted octanol–water partition coefficient (Wildman–Crippen LogP) is 7.79. The van der Waals surface area contributed by atoms with Gasteiger partial charge in [0, 0.05) is 11.5 Å². The summed E-state index contributed by atoms with van der Waals surface area (Å²) in [4.78, 5) is 12.3. The van der Waals surface area contributed by atoms with Crippen molar-refractivity contribution >= 4 is 22.8 Å². The van der Waals surface area contributed by atoms with E-state index in [2.05, 4.69) is 27.4 Å². The minimum atomic E-state index is -0.317. The van der Waals surface area contributed by atoms with Crippen molar-refractivity contribution in [2.75, 3.05) is 0 Å². The second kappa shape index (κ2) is 16.8. The van der Waals surface area contributed by atoms with Crippen LogP contribution in [-0.2, 0) is 4.79 Å². The van der Waals surface area contributed by atoms with Crippen LogP contribution in [0.2, 0.25) is 0 Å². The van der Waals surface area contributed by atoms with E-state index in [1.165, 1.54) is 77.0 Å². The van der Waals surface area contributed by atoms with E-state index in [1.807, 2.05) is 13.8 Å². The van der Waals surface area contributed by atoms with Crippen LogP contribution in [0.3, 0.4) is 0 Å². The van der Waals surface area contributed by atoms with Crippen molar-refractivity contribution < 1.29 is 4.79 Å². The molecule has 0 aromatic carbocycles. The number of ketones is 1. The van der Waals surface area contributed by atoms with Crippen LogP contribution in [0.25, 0.3) is 0 Å². The third kappa shape index (κ3) is 14.5. The summed E-state index contributed by atoms with van der Waals surface area (Å²) in [5.41, 5.74) is 6.71. The number of allylic oxidation sites excluding steroid dienone is 1. The van der Waals surface area contributed by atoms with Gasteiger partial charge in [-0.05, 0) is 38.7 Å². The van der Waals surface area contributed by atoms with Gasteiger partial charge in [-0.25, -0.2) is 0 Å². The standard InChI is InChI=1S/C24H47NO.BrH/c1-7-8-9-10-11-12-13-14-15-16-17-18-19-22(24(5,6)25)21(4)23(26)20(2)3;/h21-22H,2,7-19,25H2,1,3-6H3;1H. The van der Waals surface area contributed by atoms with Gasteiger partial charge in [-0.1, -0.05) is 97.5 Å². The van der Waals surface area contributed by atoms with Crippen LogP contribution in [-0.4, -0.2) is 11.3 Å². The van der Waals surface area contributed by atoms with Crippen LogP contribution < -0.4 is 5.73 Å². The zero-order chi connectivity index (χ0) is 20.0. The zero-order valence-electron chi connectivity index (χ0n) is 18.9. The highest BCUT2D eigenvalue weighted by atomic mass is 79.9. The summed E-state index contributed by atoms with van der Waals surface area (Å²) >= 11 is 0. The Morgan fingerprint density at radius 2 is 1.26 bits per heavy atom. The van der Waals surface area contributed by atoms with Crippen LogP contribution in [0.1, 0.15) is 118 Å². The Kier molecular flexibility index (Phi) is 18.0. The average Bonchev–Trinajstić information content (AvgIpc) is 2.56. The Morgan fingerprint density at radius 3 is 1.59 bits per heavy atom. The fourth-order valence-electron chi connectivity index (χ4n) is 4.04. The van der Waals surface area contributed by atoms with E-state index in [0.717, 1.165) is 6.42 Å².